The Bertz CT molecular complexity index is 1400. The van der Waals surface area contributed by atoms with E-state index in [1.165, 1.54) is 13.2 Å². The van der Waals surface area contributed by atoms with E-state index < -0.39 is 17.8 Å². The number of alkyl halides is 3. The maximum absolute atomic E-state index is 14.0. The molecule has 1 N–H and O–H groups in total. The number of nitrogens with zero attached hydrogens (tertiary/aromatic N) is 2. The van der Waals surface area contributed by atoms with Gasteiger partial charge in [-0.25, -0.2) is 0 Å². The molecule has 1 heterocycles. The molecule has 9 heteroatoms. The van der Waals surface area contributed by atoms with Crippen LogP contribution in [0.5, 0.6) is 0 Å². The zero-order chi connectivity index (χ0) is 26.7. The number of esters is 1. The summed E-state index contributed by atoms with van der Waals surface area (Å²) in [6.45, 7) is 5.41. The summed E-state index contributed by atoms with van der Waals surface area (Å²) in [6.07, 6.45) is -4.57. The predicted octanol–water partition coefficient (Wildman–Crippen LogP) is 6.61. The molecule has 0 saturated heterocycles. The molecule has 4 aromatic rings. The molecule has 2 unspecified atom stereocenters. The van der Waals surface area contributed by atoms with E-state index in [-0.39, 0.29) is 34.9 Å². The summed E-state index contributed by atoms with van der Waals surface area (Å²) < 4.78 is 52.0. The maximum Gasteiger partial charge on any atom is 0.417 e. The van der Waals surface area contributed by atoms with Crippen molar-refractivity contribution in [3.05, 3.63) is 83.4 Å². The Morgan fingerprint density at radius 2 is 1.65 bits per heavy atom. The first-order chi connectivity index (χ1) is 17.6. The Morgan fingerprint density at radius 3 is 2.30 bits per heavy atom. The molecule has 3 aromatic carbocycles. The number of halogens is 3. The van der Waals surface area contributed by atoms with Crippen molar-refractivity contribution in [2.75, 3.05) is 7.11 Å². The number of hydrogen-bond donors (Lipinski definition) is 1. The fourth-order valence-electron chi connectivity index (χ4n) is 4.12. The molecule has 0 spiro atoms. The molecule has 192 valence electrons. The van der Waals surface area contributed by atoms with Crippen LogP contribution in [0.15, 0.2) is 71.3 Å². The first kappa shape index (κ1) is 26.1. The number of ether oxygens (including phenoxy) is 1. The normalized spacial score (nSPS) is 13.3. The Balaban J connectivity index is 1.59. The van der Waals surface area contributed by atoms with E-state index in [0.29, 0.717) is 11.1 Å². The molecule has 0 amide bonds. The number of carbonyl (C=O) groups is 1. The summed E-state index contributed by atoms with van der Waals surface area (Å²) in [5, 5.41) is 7.12. The van der Waals surface area contributed by atoms with Crippen LogP contribution in [0, 0.1) is 6.92 Å². The average Bonchev–Trinajstić information content (AvgIpc) is 3.38. The third kappa shape index (κ3) is 5.72. The minimum atomic E-state index is -4.57. The molecule has 37 heavy (non-hydrogen) atoms. The minimum Gasteiger partial charge on any atom is -0.468 e. The van der Waals surface area contributed by atoms with Crippen molar-refractivity contribution in [1.82, 2.24) is 15.5 Å². The summed E-state index contributed by atoms with van der Waals surface area (Å²) in [5.41, 5.74) is 2.31. The van der Waals surface area contributed by atoms with E-state index in [2.05, 4.69) is 15.5 Å². The molecule has 0 saturated carbocycles. The Labute approximate surface area is 212 Å². The lowest BCUT2D eigenvalue weighted by Crippen LogP contribution is -2.36. The Hall–Kier alpha value is -3.98. The molecule has 0 aliphatic carbocycles. The van der Waals surface area contributed by atoms with Crippen molar-refractivity contribution < 1.29 is 27.2 Å². The van der Waals surface area contributed by atoms with Crippen molar-refractivity contribution in [2.24, 2.45) is 0 Å². The molecule has 0 radical (unpaired) electrons. The van der Waals surface area contributed by atoms with Gasteiger partial charge in [0.05, 0.1) is 12.7 Å². The quantitative estimate of drug-likeness (QED) is 0.283. The van der Waals surface area contributed by atoms with Crippen LogP contribution < -0.4 is 5.32 Å². The highest BCUT2D eigenvalue weighted by atomic mass is 19.4. The smallest absolute Gasteiger partial charge is 0.417 e. The molecule has 0 aliphatic heterocycles. The van der Waals surface area contributed by atoms with Crippen LogP contribution in [-0.4, -0.2) is 29.3 Å². The van der Waals surface area contributed by atoms with E-state index in [1.54, 1.807) is 56.3 Å². The predicted molar refractivity (Wildman–Crippen MR) is 133 cm³/mol. The Morgan fingerprint density at radius 1 is 0.973 bits per heavy atom. The molecular formula is C28H26F3N3O3. The van der Waals surface area contributed by atoms with Crippen LogP contribution in [0.2, 0.25) is 0 Å². The summed E-state index contributed by atoms with van der Waals surface area (Å²) in [4.78, 5) is 16.0. The number of nitrogens with one attached hydrogen (secondary N) is 1. The van der Waals surface area contributed by atoms with Gasteiger partial charge in [0.1, 0.15) is 6.04 Å². The van der Waals surface area contributed by atoms with E-state index in [9.17, 15) is 18.0 Å². The number of methoxy groups -OCH3 is 1. The fourth-order valence-corrected chi connectivity index (χ4v) is 4.12. The van der Waals surface area contributed by atoms with Gasteiger partial charge in [0, 0.05) is 17.2 Å². The second kappa shape index (κ2) is 10.6. The van der Waals surface area contributed by atoms with Crippen molar-refractivity contribution in [3.63, 3.8) is 0 Å². The number of aromatic nitrogens is 2. The maximum atomic E-state index is 14.0. The van der Waals surface area contributed by atoms with Gasteiger partial charge in [0.2, 0.25) is 5.82 Å². The highest BCUT2D eigenvalue weighted by Crippen LogP contribution is 2.40. The lowest BCUT2D eigenvalue weighted by Gasteiger charge is -2.18. The first-order valence-corrected chi connectivity index (χ1v) is 11.6. The lowest BCUT2D eigenvalue weighted by atomic mass is 9.94. The summed E-state index contributed by atoms with van der Waals surface area (Å²) in [5.74, 6) is -0.118. The number of rotatable bonds is 7. The van der Waals surface area contributed by atoms with Crippen LogP contribution in [0.1, 0.15) is 36.6 Å². The number of benzene rings is 3. The van der Waals surface area contributed by atoms with Gasteiger partial charge in [-0.05, 0) is 55.2 Å². The minimum absolute atomic E-state index is 0.0113. The molecule has 0 aliphatic rings. The summed E-state index contributed by atoms with van der Waals surface area (Å²) >= 11 is 0. The average molecular weight is 510 g/mol. The van der Waals surface area contributed by atoms with E-state index in [0.717, 1.165) is 17.2 Å². The molecule has 1 aromatic heterocycles. The van der Waals surface area contributed by atoms with Gasteiger partial charge in [-0.2, -0.15) is 18.2 Å². The third-order valence-corrected chi connectivity index (χ3v) is 6.16. The van der Waals surface area contributed by atoms with Gasteiger partial charge in [0.15, 0.2) is 0 Å². The molecule has 6 nitrogen and oxygen atoms in total. The summed E-state index contributed by atoms with van der Waals surface area (Å²) in [7, 11) is 1.33. The van der Waals surface area contributed by atoms with Crippen LogP contribution in [0.3, 0.4) is 0 Å². The van der Waals surface area contributed by atoms with Crippen LogP contribution in [0.25, 0.3) is 34.0 Å². The highest BCUT2D eigenvalue weighted by Gasteiger charge is 2.34. The first-order valence-electron chi connectivity index (χ1n) is 11.6. The molecular weight excluding hydrogens is 483 g/mol. The van der Waals surface area contributed by atoms with Crippen LogP contribution >= 0.6 is 0 Å². The zero-order valence-electron chi connectivity index (χ0n) is 20.8. The second-order valence-electron chi connectivity index (χ2n) is 8.75. The number of aryl methyl sites for hydroxylation is 1. The Kier molecular flexibility index (Phi) is 7.45. The van der Waals surface area contributed by atoms with Gasteiger partial charge in [0.25, 0.3) is 5.89 Å². The van der Waals surface area contributed by atoms with Gasteiger partial charge >= 0.3 is 12.1 Å². The van der Waals surface area contributed by atoms with Crippen LogP contribution in [-0.2, 0) is 15.7 Å². The van der Waals surface area contributed by atoms with Crippen molar-refractivity contribution in [3.8, 4) is 34.0 Å². The molecule has 2 atom stereocenters. The molecule has 0 bridgehead atoms. The molecule has 0 fully saturated rings. The SMILES string of the molecule is COC(=O)C(C)NC(C)c1ccc(-c2noc(-c3ccc(-c4ccccc4C)c(C(F)(F)F)c3)n2)cc1. The van der Waals surface area contributed by atoms with Crippen molar-refractivity contribution in [2.45, 2.75) is 39.0 Å². The summed E-state index contributed by atoms with van der Waals surface area (Å²) in [6, 6.07) is 17.6. The van der Waals surface area contributed by atoms with Gasteiger partial charge < -0.3 is 9.26 Å². The number of carbonyl (C=O) groups excluding carboxylic acids is 1. The third-order valence-electron chi connectivity index (χ3n) is 6.16. The van der Waals surface area contributed by atoms with Gasteiger partial charge in [-0.1, -0.05) is 59.8 Å². The van der Waals surface area contributed by atoms with E-state index >= 15 is 0 Å². The van der Waals surface area contributed by atoms with Crippen LogP contribution in [0.4, 0.5) is 13.2 Å². The van der Waals surface area contributed by atoms with Gasteiger partial charge in [-0.15, -0.1) is 0 Å². The largest absolute Gasteiger partial charge is 0.468 e. The molecule has 4 rings (SSSR count). The second-order valence-corrected chi connectivity index (χ2v) is 8.75. The topological polar surface area (TPSA) is 77.2 Å². The lowest BCUT2D eigenvalue weighted by molar-refractivity contribution is -0.142. The van der Waals surface area contributed by atoms with E-state index in [1.807, 2.05) is 19.1 Å². The standard InChI is InChI=1S/C28H26F3N3O3/c1-16-7-5-6-8-22(16)23-14-13-21(15-24(23)28(29,30)31)26-33-25(34-37-26)20-11-9-19(10-12-20)17(2)32-18(3)27(35)36-4/h5-15,17-18,32H,1-4H3. The zero-order valence-corrected chi connectivity index (χ0v) is 20.8. The van der Waals surface area contributed by atoms with Crippen molar-refractivity contribution >= 4 is 5.97 Å². The van der Waals surface area contributed by atoms with Gasteiger partial charge in [-0.3, -0.25) is 10.1 Å². The number of hydrogen-bond acceptors (Lipinski definition) is 6. The monoisotopic (exact) mass is 509 g/mol. The van der Waals surface area contributed by atoms with Crippen molar-refractivity contribution in [1.29, 1.82) is 0 Å². The fraction of sp³-hybridized carbons (Fsp3) is 0.250. The van der Waals surface area contributed by atoms with E-state index in [4.69, 9.17) is 9.26 Å². The highest BCUT2D eigenvalue weighted by molar-refractivity contribution is 5.75.